The minimum atomic E-state index is -0.254. The Hall–Kier alpha value is -2.05. The highest BCUT2D eigenvalue weighted by Crippen LogP contribution is 2.42. The first-order valence-electron chi connectivity index (χ1n) is 9.10. The maximum atomic E-state index is 14.2. The molecule has 28 heavy (non-hydrogen) atoms. The highest BCUT2D eigenvalue weighted by Gasteiger charge is 2.33. The third kappa shape index (κ3) is 3.76. The molecule has 0 atom stereocenters. The maximum Gasteiger partial charge on any atom is 0.198 e. The lowest BCUT2D eigenvalue weighted by atomic mass is 9.94. The Labute approximate surface area is 172 Å². The highest BCUT2D eigenvalue weighted by atomic mass is 32.2. The van der Waals surface area contributed by atoms with E-state index in [9.17, 15) is 9.18 Å². The van der Waals surface area contributed by atoms with Crippen LogP contribution in [0.4, 0.5) is 4.39 Å². The molecule has 0 bridgehead atoms. The van der Waals surface area contributed by atoms with E-state index in [2.05, 4.69) is 5.16 Å². The Morgan fingerprint density at radius 3 is 2.64 bits per heavy atom. The summed E-state index contributed by atoms with van der Waals surface area (Å²) in [6, 6.07) is 10.7. The number of carbonyl (C=O) groups is 1. The summed E-state index contributed by atoms with van der Waals surface area (Å²) in [5.74, 6) is 0.672. The molecule has 0 unspecified atom stereocenters. The number of rotatable bonds is 7. The summed E-state index contributed by atoms with van der Waals surface area (Å²) in [4.78, 5) is 15.2. The molecule has 1 fully saturated rings. The average molecular weight is 414 g/mol. The molecule has 0 amide bonds. The molecule has 0 saturated heterocycles. The van der Waals surface area contributed by atoms with Crippen molar-refractivity contribution in [2.24, 2.45) is 0 Å². The van der Waals surface area contributed by atoms with E-state index < -0.39 is 0 Å². The summed E-state index contributed by atoms with van der Waals surface area (Å²) in [6.07, 6.45) is 8.03. The van der Waals surface area contributed by atoms with E-state index in [1.807, 2.05) is 36.8 Å². The quantitative estimate of drug-likeness (QED) is 0.353. The van der Waals surface area contributed by atoms with E-state index in [1.165, 1.54) is 18.0 Å². The summed E-state index contributed by atoms with van der Waals surface area (Å²) < 4.78 is 19.5. The van der Waals surface area contributed by atoms with Gasteiger partial charge in [0.15, 0.2) is 11.5 Å². The van der Waals surface area contributed by atoms with Gasteiger partial charge in [-0.2, -0.15) is 0 Å². The molecule has 3 nitrogen and oxygen atoms in total. The predicted molar refractivity (Wildman–Crippen MR) is 111 cm³/mol. The molecule has 6 heteroatoms. The highest BCUT2D eigenvalue weighted by molar-refractivity contribution is 8.01. The van der Waals surface area contributed by atoms with Gasteiger partial charge in [0.2, 0.25) is 0 Å². The number of aromatic nitrogens is 1. The van der Waals surface area contributed by atoms with Crippen molar-refractivity contribution >= 4 is 29.3 Å². The van der Waals surface area contributed by atoms with Crippen LogP contribution in [0.2, 0.25) is 0 Å². The summed E-state index contributed by atoms with van der Waals surface area (Å²) in [6.45, 7) is 0. The second-order valence-electron chi connectivity index (χ2n) is 6.84. The van der Waals surface area contributed by atoms with Crippen LogP contribution in [-0.4, -0.2) is 23.5 Å². The van der Waals surface area contributed by atoms with Crippen LogP contribution in [0.25, 0.3) is 0 Å². The van der Waals surface area contributed by atoms with Gasteiger partial charge in [-0.1, -0.05) is 29.4 Å². The molecule has 1 aromatic heterocycles. The number of hydrogen-bond acceptors (Lipinski definition) is 5. The summed E-state index contributed by atoms with van der Waals surface area (Å²) in [5, 5.41) is 3.85. The zero-order valence-electron chi connectivity index (χ0n) is 15.7. The Morgan fingerprint density at radius 2 is 1.93 bits per heavy atom. The van der Waals surface area contributed by atoms with Crippen LogP contribution in [0.1, 0.15) is 51.6 Å². The Kier molecular flexibility index (Phi) is 5.60. The second-order valence-corrected chi connectivity index (χ2v) is 8.51. The van der Waals surface area contributed by atoms with E-state index in [-0.39, 0.29) is 11.6 Å². The van der Waals surface area contributed by atoms with Crippen LogP contribution in [0, 0.1) is 5.82 Å². The van der Waals surface area contributed by atoms with Gasteiger partial charge in [-0.05, 0) is 55.0 Å². The van der Waals surface area contributed by atoms with Gasteiger partial charge >= 0.3 is 0 Å². The van der Waals surface area contributed by atoms with Crippen molar-refractivity contribution in [3.63, 3.8) is 0 Å². The molecule has 1 aliphatic carbocycles. The molecule has 1 aliphatic rings. The topological polar surface area (TPSA) is 43.1 Å². The van der Waals surface area contributed by atoms with Crippen molar-refractivity contribution in [2.75, 3.05) is 12.5 Å². The lowest BCUT2D eigenvalue weighted by Gasteiger charge is -2.14. The summed E-state index contributed by atoms with van der Waals surface area (Å²) >= 11 is 3.13. The number of halogens is 1. The van der Waals surface area contributed by atoms with Crippen LogP contribution in [0.5, 0.6) is 0 Å². The van der Waals surface area contributed by atoms with Gasteiger partial charge in [0.1, 0.15) is 5.82 Å². The zero-order valence-corrected chi connectivity index (χ0v) is 17.3. The standard InChI is InChI=1S/C22H20FNO2S2/c1-27-19-11-16(23)10-15(22(19)28-2)9-14-5-3-4-6-17(14)20(25)18-12-24-26-21(18)13-7-8-13/h3-6,10-13H,7-9H2,1-2H3. The van der Waals surface area contributed by atoms with Crippen LogP contribution in [0.15, 0.2) is 56.9 Å². The van der Waals surface area contributed by atoms with E-state index in [1.54, 1.807) is 23.9 Å². The SMILES string of the molecule is CSc1cc(F)cc(Cc2ccccc2C(=O)c2cnoc2C2CC2)c1SC. The van der Waals surface area contributed by atoms with Gasteiger partial charge in [-0.25, -0.2) is 4.39 Å². The Bertz CT molecular complexity index is 1030. The van der Waals surface area contributed by atoms with Crippen molar-refractivity contribution in [1.82, 2.24) is 5.16 Å². The van der Waals surface area contributed by atoms with Gasteiger partial charge in [-0.3, -0.25) is 4.79 Å². The van der Waals surface area contributed by atoms with Crippen molar-refractivity contribution in [2.45, 2.75) is 35.0 Å². The van der Waals surface area contributed by atoms with Crippen molar-refractivity contribution < 1.29 is 13.7 Å². The lowest BCUT2D eigenvalue weighted by Crippen LogP contribution is -2.07. The van der Waals surface area contributed by atoms with E-state index in [4.69, 9.17) is 4.52 Å². The first-order chi connectivity index (χ1) is 13.6. The normalized spacial score (nSPS) is 13.7. The van der Waals surface area contributed by atoms with Gasteiger partial charge in [0.25, 0.3) is 0 Å². The molecule has 0 aliphatic heterocycles. The van der Waals surface area contributed by atoms with Crippen LogP contribution < -0.4 is 0 Å². The molecule has 0 spiro atoms. The fourth-order valence-corrected chi connectivity index (χ4v) is 5.14. The molecule has 0 N–H and O–H groups in total. The van der Waals surface area contributed by atoms with Gasteiger partial charge in [0, 0.05) is 21.3 Å². The maximum absolute atomic E-state index is 14.2. The van der Waals surface area contributed by atoms with Crippen LogP contribution >= 0.6 is 23.5 Å². The Balaban J connectivity index is 1.72. The monoisotopic (exact) mass is 413 g/mol. The molecule has 0 radical (unpaired) electrons. The van der Waals surface area contributed by atoms with Crippen molar-refractivity contribution in [3.8, 4) is 0 Å². The number of benzene rings is 2. The lowest BCUT2D eigenvalue weighted by molar-refractivity contribution is 0.103. The first-order valence-corrected chi connectivity index (χ1v) is 11.5. The third-order valence-corrected chi connectivity index (χ3v) is 6.74. The predicted octanol–water partition coefficient (Wildman–Crippen LogP) is 5.96. The van der Waals surface area contributed by atoms with Gasteiger partial charge in [-0.15, -0.1) is 23.5 Å². The number of thioether (sulfide) groups is 2. The summed E-state index contributed by atoms with van der Waals surface area (Å²) in [7, 11) is 0. The molecule has 3 aromatic rings. The minimum absolute atomic E-state index is 0.0778. The number of ketones is 1. The first kappa shape index (κ1) is 19.3. The molecule has 144 valence electrons. The van der Waals surface area contributed by atoms with Gasteiger partial charge < -0.3 is 4.52 Å². The van der Waals surface area contributed by atoms with E-state index in [0.29, 0.717) is 29.2 Å². The van der Waals surface area contributed by atoms with Crippen molar-refractivity contribution in [3.05, 3.63) is 76.4 Å². The summed E-state index contributed by atoms with van der Waals surface area (Å²) in [5.41, 5.74) is 2.94. The second kappa shape index (κ2) is 8.13. The molecular formula is C22H20FNO2S2. The van der Waals surface area contributed by atoms with Crippen LogP contribution in [-0.2, 0) is 6.42 Å². The van der Waals surface area contributed by atoms with E-state index >= 15 is 0 Å². The molecule has 1 heterocycles. The number of carbonyl (C=O) groups excluding carboxylic acids is 1. The molecular weight excluding hydrogens is 393 g/mol. The average Bonchev–Trinajstić information content (AvgIpc) is 3.43. The molecule has 2 aromatic carbocycles. The van der Waals surface area contributed by atoms with Crippen LogP contribution in [0.3, 0.4) is 0 Å². The smallest absolute Gasteiger partial charge is 0.198 e. The van der Waals surface area contributed by atoms with Crippen molar-refractivity contribution in [1.29, 1.82) is 0 Å². The van der Waals surface area contributed by atoms with E-state index in [0.717, 1.165) is 33.8 Å². The fraction of sp³-hybridized carbons (Fsp3) is 0.273. The number of nitrogens with zero attached hydrogens (tertiary/aromatic N) is 1. The number of hydrogen-bond donors (Lipinski definition) is 0. The Morgan fingerprint density at radius 1 is 1.14 bits per heavy atom. The zero-order chi connectivity index (χ0) is 19.7. The minimum Gasteiger partial charge on any atom is -0.360 e. The molecule has 1 saturated carbocycles. The third-order valence-electron chi connectivity index (χ3n) is 4.95. The molecule has 4 rings (SSSR count). The largest absolute Gasteiger partial charge is 0.360 e. The van der Waals surface area contributed by atoms with Gasteiger partial charge in [0.05, 0.1) is 11.8 Å². The fourth-order valence-electron chi connectivity index (χ4n) is 3.44.